The van der Waals surface area contributed by atoms with Crippen LogP contribution in [0.5, 0.6) is 0 Å². The molecule has 15 heavy (non-hydrogen) atoms. The average molecular weight is 225 g/mol. The second-order valence-electron chi connectivity index (χ2n) is 3.64. The first-order valence-electron chi connectivity index (χ1n) is 5.28. The van der Waals surface area contributed by atoms with Gasteiger partial charge in [0.05, 0.1) is 5.69 Å². The summed E-state index contributed by atoms with van der Waals surface area (Å²) in [6, 6.07) is 0. The minimum absolute atomic E-state index is 0.0808. The third-order valence-corrected chi connectivity index (χ3v) is 3.37. The van der Waals surface area contributed by atoms with Crippen LogP contribution in [0, 0.1) is 0 Å². The predicted molar refractivity (Wildman–Crippen MR) is 60.8 cm³/mol. The smallest absolute Gasteiger partial charge is 0.226 e. The summed E-state index contributed by atoms with van der Waals surface area (Å²) in [7, 11) is 0. The number of unbranched alkanes of at least 4 members (excludes halogenated alkanes) is 1. The lowest BCUT2D eigenvalue weighted by molar-refractivity contribution is -0.116. The summed E-state index contributed by atoms with van der Waals surface area (Å²) in [5.41, 5.74) is 1.09. The summed E-state index contributed by atoms with van der Waals surface area (Å²) in [5, 5.41) is 6.82. The van der Waals surface area contributed by atoms with Gasteiger partial charge in [-0.2, -0.15) is 0 Å². The Hall–Kier alpha value is -0.940. The molecule has 82 valence electrons. The van der Waals surface area contributed by atoms with Crippen molar-refractivity contribution in [3.63, 3.8) is 0 Å². The van der Waals surface area contributed by atoms with E-state index in [1.54, 1.807) is 11.3 Å². The summed E-state index contributed by atoms with van der Waals surface area (Å²) in [4.78, 5) is 17.1. The highest BCUT2D eigenvalue weighted by atomic mass is 32.1. The molecular formula is C10H15N3OS. The molecule has 0 bridgehead atoms. The van der Waals surface area contributed by atoms with Gasteiger partial charge >= 0.3 is 0 Å². The lowest BCUT2D eigenvalue weighted by Crippen LogP contribution is -2.11. The lowest BCUT2D eigenvalue weighted by atomic mass is 10.2. The molecule has 0 radical (unpaired) electrons. The molecule has 0 atom stereocenters. The number of nitrogens with zero attached hydrogens (tertiary/aromatic N) is 1. The molecule has 0 unspecified atom stereocenters. The van der Waals surface area contributed by atoms with Gasteiger partial charge in [0.2, 0.25) is 5.91 Å². The molecule has 0 spiro atoms. The van der Waals surface area contributed by atoms with Crippen molar-refractivity contribution in [2.24, 2.45) is 0 Å². The third kappa shape index (κ3) is 2.54. The van der Waals surface area contributed by atoms with Crippen LogP contribution >= 0.6 is 11.3 Å². The van der Waals surface area contributed by atoms with Crippen molar-refractivity contribution in [1.29, 1.82) is 0 Å². The van der Waals surface area contributed by atoms with Gasteiger partial charge in [0.1, 0.15) is 0 Å². The largest absolute Gasteiger partial charge is 0.306 e. The Morgan fingerprint density at radius 1 is 1.60 bits per heavy atom. The van der Waals surface area contributed by atoms with Crippen molar-refractivity contribution < 1.29 is 4.79 Å². The number of anilines is 1. The normalized spacial score (nSPS) is 13.9. The first-order chi connectivity index (χ1) is 7.29. The fourth-order valence-electron chi connectivity index (χ4n) is 1.53. The molecule has 2 rings (SSSR count). The van der Waals surface area contributed by atoms with Crippen LogP contribution in [0.1, 0.15) is 36.8 Å². The fourth-order valence-corrected chi connectivity index (χ4v) is 2.49. The highest BCUT2D eigenvalue weighted by molar-refractivity contribution is 7.15. The summed E-state index contributed by atoms with van der Waals surface area (Å²) in [6.07, 6.45) is 2.59. The summed E-state index contributed by atoms with van der Waals surface area (Å²) in [5.74, 6) is 0.0808. The van der Waals surface area contributed by atoms with E-state index in [1.165, 1.54) is 4.88 Å². The summed E-state index contributed by atoms with van der Waals surface area (Å²) >= 11 is 1.58. The van der Waals surface area contributed by atoms with Crippen molar-refractivity contribution in [2.45, 2.75) is 39.3 Å². The van der Waals surface area contributed by atoms with E-state index in [2.05, 4.69) is 22.5 Å². The quantitative estimate of drug-likeness (QED) is 0.822. The number of nitrogens with one attached hydrogen (secondary N) is 2. The molecule has 1 aliphatic heterocycles. The van der Waals surface area contributed by atoms with Crippen LogP contribution in [0.15, 0.2) is 0 Å². The van der Waals surface area contributed by atoms with E-state index >= 15 is 0 Å². The van der Waals surface area contributed by atoms with E-state index in [0.717, 1.165) is 36.8 Å². The molecule has 1 aromatic heterocycles. The fraction of sp³-hybridized carbons (Fsp3) is 0.600. The monoisotopic (exact) mass is 225 g/mol. The average Bonchev–Trinajstić information content (AvgIpc) is 2.74. The van der Waals surface area contributed by atoms with Gasteiger partial charge in [-0.25, -0.2) is 4.98 Å². The zero-order valence-corrected chi connectivity index (χ0v) is 9.62. The van der Waals surface area contributed by atoms with Crippen molar-refractivity contribution in [3.8, 4) is 0 Å². The molecule has 5 heteroatoms. The molecule has 2 N–H and O–H groups in total. The van der Waals surface area contributed by atoms with E-state index in [1.807, 2.05) is 0 Å². The van der Waals surface area contributed by atoms with Crippen LogP contribution in [-0.4, -0.2) is 10.9 Å². The van der Waals surface area contributed by atoms with Crippen LogP contribution in [0.3, 0.4) is 0 Å². The summed E-state index contributed by atoms with van der Waals surface area (Å²) < 4.78 is 0. The van der Waals surface area contributed by atoms with Gasteiger partial charge in [0.15, 0.2) is 5.13 Å². The van der Waals surface area contributed by atoms with Gasteiger partial charge in [-0.05, 0) is 6.42 Å². The number of carbonyl (C=O) groups excluding carboxylic acids is 1. The standard InChI is InChI=1S/C10H15N3OS/c1-2-3-4-9(14)13-10-12-7-5-11-6-8(7)15-10/h11H,2-6H2,1H3,(H,12,13,14). The van der Waals surface area contributed by atoms with Gasteiger partial charge in [-0.15, -0.1) is 11.3 Å². The van der Waals surface area contributed by atoms with E-state index in [9.17, 15) is 4.79 Å². The molecule has 1 amide bonds. The van der Waals surface area contributed by atoms with Crippen LogP contribution in [0.25, 0.3) is 0 Å². The van der Waals surface area contributed by atoms with Gasteiger partial charge in [-0.3, -0.25) is 4.79 Å². The number of fused-ring (bicyclic) bond motifs is 1. The van der Waals surface area contributed by atoms with Gasteiger partial charge in [0, 0.05) is 24.4 Å². The predicted octanol–water partition coefficient (Wildman–Crippen LogP) is 1.88. The Morgan fingerprint density at radius 2 is 2.47 bits per heavy atom. The van der Waals surface area contributed by atoms with Crippen molar-refractivity contribution in [3.05, 3.63) is 10.6 Å². The van der Waals surface area contributed by atoms with E-state index in [0.29, 0.717) is 6.42 Å². The molecule has 0 saturated carbocycles. The van der Waals surface area contributed by atoms with Crippen LogP contribution in [0.4, 0.5) is 5.13 Å². The lowest BCUT2D eigenvalue weighted by Gasteiger charge is -1.99. The van der Waals surface area contributed by atoms with E-state index in [-0.39, 0.29) is 5.91 Å². The molecule has 1 aliphatic rings. The van der Waals surface area contributed by atoms with Crippen molar-refractivity contribution >= 4 is 22.4 Å². The molecule has 1 aromatic rings. The molecule has 0 aromatic carbocycles. The maximum Gasteiger partial charge on any atom is 0.226 e. The number of carbonyl (C=O) groups is 1. The van der Waals surface area contributed by atoms with Crippen LogP contribution in [-0.2, 0) is 17.9 Å². The molecule has 2 heterocycles. The number of thiazole rings is 1. The Balaban J connectivity index is 1.90. The first kappa shape index (κ1) is 10.6. The minimum atomic E-state index is 0.0808. The highest BCUT2D eigenvalue weighted by Crippen LogP contribution is 2.26. The summed E-state index contributed by atoms with van der Waals surface area (Å²) in [6.45, 7) is 3.80. The second-order valence-corrected chi connectivity index (χ2v) is 4.73. The van der Waals surface area contributed by atoms with Crippen molar-refractivity contribution in [2.75, 3.05) is 5.32 Å². The van der Waals surface area contributed by atoms with E-state index < -0.39 is 0 Å². The van der Waals surface area contributed by atoms with E-state index in [4.69, 9.17) is 0 Å². The first-order valence-corrected chi connectivity index (χ1v) is 6.10. The van der Waals surface area contributed by atoms with Crippen LogP contribution in [0.2, 0.25) is 0 Å². The molecule has 0 fully saturated rings. The third-order valence-electron chi connectivity index (χ3n) is 2.36. The zero-order chi connectivity index (χ0) is 10.7. The van der Waals surface area contributed by atoms with Gasteiger partial charge < -0.3 is 10.6 Å². The number of hydrogen-bond donors (Lipinski definition) is 2. The number of hydrogen-bond acceptors (Lipinski definition) is 4. The number of rotatable bonds is 4. The van der Waals surface area contributed by atoms with Gasteiger partial charge in [0.25, 0.3) is 0 Å². The maximum absolute atomic E-state index is 11.4. The minimum Gasteiger partial charge on any atom is -0.306 e. The Bertz CT molecular complexity index is 340. The number of aromatic nitrogens is 1. The number of amides is 1. The maximum atomic E-state index is 11.4. The Labute approximate surface area is 93.1 Å². The highest BCUT2D eigenvalue weighted by Gasteiger charge is 2.16. The van der Waals surface area contributed by atoms with Crippen LogP contribution < -0.4 is 10.6 Å². The zero-order valence-electron chi connectivity index (χ0n) is 8.80. The van der Waals surface area contributed by atoms with Gasteiger partial charge in [-0.1, -0.05) is 13.3 Å². The SMILES string of the molecule is CCCCC(=O)Nc1nc2c(s1)CNC2. The molecule has 0 aliphatic carbocycles. The van der Waals surface area contributed by atoms with Crippen molar-refractivity contribution in [1.82, 2.24) is 10.3 Å². The second kappa shape index (κ2) is 4.72. The topological polar surface area (TPSA) is 54.0 Å². The molecule has 4 nitrogen and oxygen atoms in total. The molecular weight excluding hydrogens is 210 g/mol. The Kier molecular flexibility index (Phi) is 3.33. The molecule has 0 saturated heterocycles. The Morgan fingerprint density at radius 3 is 3.20 bits per heavy atom.